The summed E-state index contributed by atoms with van der Waals surface area (Å²) in [6, 6.07) is 4.49. The number of halogens is 1. The Morgan fingerprint density at radius 1 is 1.25 bits per heavy atom. The second-order valence-electron chi connectivity index (χ2n) is 8.05. The number of quaternary nitrogens is 1. The minimum Gasteiger partial charge on any atom is -0.352 e. The van der Waals surface area contributed by atoms with Crippen molar-refractivity contribution in [3.8, 4) is 0 Å². The van der Waals surface area contributed by atoms with Crippen LogP contribution in [-0.2, 0) is 10.0 Å². The van der Waals surface area contributed by atoms with E-state index in [2.05, 4.69) is 12.2 Å². The highest BCUT2D eigenvalue weighted by molar-refractivity contribution is 7.89. The fourth-order valence-corrected chi connectivity index (χ4v) is 5.99. The van der Waals surface area contributed by atoms with Gasteiger partial charge in [0.2, 0.25) is 10.0 Å². The van der Waals surface area contributed by atoms with Gasteiger partial charge in [0, 0.05) is 31.6 Å². The summed E-state index contributed by atoms with van der Waals surface area (Å²) in [6.45, 7) is 7.39. The van der Waals surface area contributed by atoms with Gasteiger partial charge in [-0.15, -0.1) is 0 Å². The Morgan fingerprint density at radius 2 is 1.93 bits per heavy atom. The summed E-state index contributed by atoms with van der Waals surface area (Å²) in [5, 5.41) is 3.07. The highest BCUT2D eigenvalue weighted by atomic mass is 35.5. The number of sulfonamides is 1. The first-order chi connectivity index (χ1) is 13.4. The van der Waals surface area contributed by atoms with Crippen LogP contribution in [0.15, 0.2) is 23.1 Å². The molecule has 2 aliphatic heterocycles. The molecule has 8 heteroatoms. The predicted octanol–water partition coefficient (Wildman–Crippen LogP) is 1.56. The molecule has 1 aromatic carbocycles. The lowest BCUT2D eigenvalue weighted by atomic mass is 9.99. The van der Waals surface area contributed by atoms with Crippen LogP contribution >= 0.6 is 11.6 Å². The predicted molar refractivity (Wildman–Crippen MR) is 110 cm³/mol. The van der Waals surface area contributed by atoms with E-state index in [-0.39, 0.29) is 15.8 Å². The monoisotopic (exact) mass is 428 g/mol. The van der Waals surface area contributed by atoms with Gasteiger partial charge in [0.25, 0.3) is 5.91 Å². The first kappa shape index (κ1) is 21.6. The van der Waals surface area contributed by atoms with Crippen molar-refractivity contribution in [2.75, 3.05) is 39.3 Å². The zero-order valence-corrected chi connectivity index (χ0v) is 18.1. The molecule has 0 radical (unpaired) electrons. The maximum absolute atomic E-state index is 12.8. The summed E-state index contributed by atoms with van der Waals surface area (Å²) in [5.74, 6) is 0.580. The fourth-order valence-electron chi connectivity index (χ4n) is 3.97. The summed E-state index contributed by atoms with van der Waals surface area (Å²) < 4.78 is 27.0. The minimum absolute atomic E-state index is 0.0237. The SMILES string of the molecule is CC1CC[NH+](CCCNC(=O)c2ccc(Cl)c(S(=O)(=O)N3CCCC3)c2)CC1. The van der Waals surface area contributed by atoms with Crippen LogP contribution in [-0.4, -0.2) is 57.9 Å². The topological polar surface area (TPSA) is 70.9 Å². The summed E-state index contributed by atoms with van der Waals surface area (Å²) in [4.78, 5) is 14.1. The van der Waals surface area contributed by atoms with Crippen LogP contribution in [0.1, 0.15) is 49.4 Å². The Balaban J connectivity index is 1.55. The third kappa shape index (κ3) is 5.26. The molecule has 0 aliphatic carbocycles. The second-order valence-corrected chi connectivity index (χ2v) is 10.4. The maximum Gasteiger partial charge on any atom is 0.251 e. The van der Waals surface area contributed by atoms with Crippen LogP contribution in [0.4, 0.5) is 0 Å². The first-order valence-electron chi connectivity index (χ1n) is 10.3. The zero-order valence-electron chi connectivity index (χ0n) is 16.5. The maximum atomic E-state index is 12.8. The average Bonchev–Trinajstić information content (AvgIpc) is 3.22. The van der Waals surface area contributed by atoms with Crippen LogP contribution in [0.3, 0.4) is 0 Å². The molecule has 2 fully saturated rings. The molecule has 0 spiro atoms. The van der Waals surface area contributed by atoms with Crippen molar-refractivity contribution in [2.45, 2.75) is 43.9 Å². The van der Waals surface area contributed by atoms with Gasteiger partial charge in [-0.1, -0.05) is 18.5 Å². The van der Waals surface area contributed by atoms with Crippen molar-refractivity contribution in [1.29, 1.82) is 0 Å². The Morgan fingerprint density at radius 3 is 2.61 bits per heavy atom. The number of amides is 1. The Hall–Kier alpha value is -1.15. The van der Waals surface area contributed by atoms with Crippen molar-refractivity contribution in [3.05, 3.63) is 28.8 Å². The summed E-state index contributed by atoms with van der Waals surface area (Å²) in [7, 11) is -3.65. The van der Waals surface area contributed by atoms with Crippen molar-refractivity contribution < 1.29 is 18.1 Å². The number of nitrogens with one attached hydrogen (secondary N) is 2. The number of carbonyl (C=O) groups is 1. The van der Waals surface area contributed by atoms with Gasteiger partial charge >= 0.3 is 0 Å². The molecule has 3 rings (SSSR count). The normalized spacial score (nSPS) is 23.6. The first-order valence-corrected chi connectivity index (χ1v) is 12.1. The number of hydrogen-bond donors (Lipinski definition) is 2. The van der Waals surface area contributed by atoms with Crippen LogP contribution in [0, 0.1) is 5.92 Å². The molecule has 2 heterocycles. The smallest absolute Gasteiger partial charge is 0.251 e. The van der Waals surface area contributed by atoms with Crippen LogP contribution in [0.25, 0.3) is 0 Å². The Kier molecular flexibility index (Phi) is 7.36. The van der Waals surface area contributed by atoms with E-state index >= 15 is 0 Å². The van der Waals surface area contributed by atoms with Crippen molar-refractivity contribution >= 4 is 27.5 Å². The third-order valence-corrected chi connectivity index (χ3v) is 8.23. The van der Waals surface area contributed by atoms with Crippen LogP contribution < -0.4 is 10.2 Å². The number of likely N-dealkylation sites (tertiary alicyclic amines) is 1. The van der Waals surface area contributed by atoms with E-state index in [1.165, 1.54) is 42.4 Å². The summed E-state index contributed by atoms with van der Waals surface area (Å²) in [5.41, 5.74) is 0.335. The van der Waals surface area contributed by atoms with E-state index in [1.54, 1.807) is 11.0 Å². The van der Waals surface area contributed by atoms with Gasteiger partial charge in [0.15, 0.2) is 0 Å². The van der Waals surface area contributed by atoms with E-state index in [0.717, 1.165) is 31.7 Å². The van der Waals surface area contributed by atoms with Gasteiger partial charge in [-0.05, 0) is 49.8 Å². The van der Waals surface area contributed by atoms with Gasteiger partial charge in [-0.2, -0.15) is 4.31 Å². The number of carbonyl (C=O) groups excluding carboxylic acids is 1. The van der Waals surface area contributed by atoms with Gasteiger partial charge in [-0.25, -0.2) is 8.42 Å². The molecule has 6 nitrogen and oxygen atoms in total. The standard InChI is InChI=1S/C20H30ClN3O3S/c1-16-7-13-23(14-8-16)10-4-9-22-20(25)17-5-6-18(21)19(15-17)28(26,27)24-11-2-3-12-24/h5-6,15-16H,2-4,7-14H2,1H3,(H,22,25)/p+1. The lowest BCUT2D eigenvalue weighted by Gasteiger charge is -2.27. The average molecular weight is 429 g/mol. The number of piperidine rings is 1. The highest BCUT2D eigenvalue weighted by Crippen LogP contribution is 2.28. The number of nitrogens with zero attached hydrogens (tertiary/aromatic N) is 1. The van der Waals surface area contributed by atoms with Crippen LogP contribution in [0.2, 0.25) is 5.02 Å². The molecule has 0 aromatic heterocycles. The molecule has 0 saturated carbocycles. The molecule has 2 N–H and O–H groups in total. The van der Waals surface area contributed by atoms with Gasteiger partial charge in [0.05, 0.1) is 24.7 Å². The Bertz CT molecular complexity index is 786. The molecule has 1 amide bonds. The van der Waals surface area contributed by atoms with Crippen LogP contribution in [0.5, 0.6) is 0 Å². The van der Waals surface area contributed by atoms with Gasteiger partial charge in [0.1, 0.15) is 4.90 Å². The fraction of sp³-hybridized carbons (Fsp3) is 0.650. The lowest BCUT2D eigenvalue weighted by molar-refractivity contribution is -0.906. The third-order valence-electron chi connectivity index (χ3n) is 5.85. The quantitative estimate of drug-likeness (QED) is 0.647. The summed E-state index contributed by atoms with van der Waals surface area (Å²) in [6.07, 6.45) is 5.19. The molecule has 1 aromatic rings. The highest BCUT2D eigenvalue weighted by Gasteiger charge is 2.29. The van der Waals surface area contributed by atoms with E-state index in [9.17, 15) is 13.2 Å². The largest absolute Gasteiger partial charge is 0.352 e. The number of hydrogen-bond acceptors (Lipinski definition) is 3. The molecule has 28 heavy (non-hydrogen) atoms. The van der Waals surface area contributed by atoms with E-state index in [0.29, 0.717) is 25.2 Å². The molecule has 0 unspecified atom stereocenters. The minimum atomic E-state index is -3.65. The van der Waals surface area contributed by atoms with E-state index in [1.807, 2.05) is 0 Å². The van der Waals surface area contributed by atoms with Crippen molar-refractivity contribution in [3.63, 3.8) is 0 Å². The molecule has 156 valence electrons. The zero-order chi connectivity index (χ0) is 20.1. The molecular formula is C20H31ClN3O3S+. The number of rotatable bonds is 7. The second kappa shape index (κ2) is 9.57. The molecule has 2 aliphatic rings. The molecule has 0 atom stereocenters. The van der Waals surface area contributed by atoms with Crippen molar-refractivity contribution in [1.82, 2.24) is 9.62 Å². The molecule has 0 bridgehead atoms. The van der Waals surface area contributed by atoms with Gasteiger partial charge in [-0.3, -0.25) is 4.79 Å². The lowest BCUT2D eigenvalue weighted by Crippen LogP contribution is -3.13. The van der Waals surface area contributed by atoms with E-state index in [4.69, 9.17) is 11.6 Å². The Labute approximate surface area is 173 Å². The van der Waals surface area contributed by atoms with Crippen molar-refractivity contribution in [2.24, 2.45) is 5.92 Å². The number of benzene rings is 1. The molecular weight excluding hydrogens is 398 g/mol. The van der Waals surface area contributed by atoms with Gasteiger partial charge < -0.3 is 10.2 Å². The van der Waals surface area contributed by atoms with E-state index < -0.39 is 10.0 Å². The summed E-state index contributed by atoms with van der Waals surface area (Å²) >= 11 is 6.15. The molecule has 2 saturated heterocycles.